The number of ether oxygens (including phenoxy) is 4. The molecule has 1 fully saturated rings. The fourth-order valence-corrected chi connectivity index (χ4v) is 5.03. The Kier molecular flexibility index (Phi) is 13.9. The molecule has 1 saturated carbocycles. The molecule has 0 amide bonds. The lowest BCUT2D eigenvalue weighted by Gasteiger charge is -2.52. The van der Waals surface area contributed by atoms with Gasteiger partial charge in [-0.3, -0.25) is 0 Å². The minimum absolute atomic E-state index is 0.992. The van der Waals surface area contributed by atoms with Gasteiger partial charge < -0.3 is 18.9 Å². The highest BCUT2D eigenvalue weighted by Crippen LogP contribution is 2.71. The van der Waals surface area contributed by atoms with Crippen molar-refractivity contribution in [3.63, 3.8) is 0 Å². The molecule has 1 aliphatic carbocycles. The topological polar surface area (TPSA) is 36.9 Å². The molecule has 0 spiro atoms. The molecule has 65 heavy (non-hydrogen) atoms. The van der Waals surface area contributed by atoms with Crippen LogP contribution in [0.4, 0.5) is 176 Å². The van der Waals surface area contributed by atoms with Crippen LogP contribution in [0, 0.1) is 0 Å². The van der Waals surface area contributed by atoms with Crippen LogP contribution in [0.2, 0.25) is 0 Å². The van der Waals surface area contributed by atoms with Gasteiger partial charge in [0.25, 0.3) is 5.79 Å². The maximum atomic E-state index is 15.8. The molecule has 1 rings (SSSR count). The lowest BCUT2D eigenvalue weighted by molar-refractivity contribution is -0.570. The van der Waals surface area contributed by atoms with Gasteiger partial charge in [0.2, 0.25) is 0 Å². The first-order valence-electron chi connectivity index (χ1n) is 13.7. The maximum Gasteiger partial charge on any atom is 0.435 e. The Morgan fingerprint density at radius 1 is 0.231 bits per heavy atom. The zero-order chi connectivity index (χ0) is 53.5. The van der Waals surface area contributed by atoms with E-state index in [0.29, 0.717) is 0 Å². The molecule has 390 valence electrons. The van der Waals surface area contributed by atoms with Gasteiger partial charge in [0.15, 0.2) is 12.2 Å². The molecule has 4 nitrogen and oxygen atoms in total. The van der Waals surface area contributed by atoms with Crippen molar-refractivity contribution in [2.24, 2.45) is 0 Å². The number of rotatable bonds is 8. The average Bonchev–Trinajstić information content (AvgIpc) is 3.01. The molecule has 1 aliphatic rings. The van der Waals surface area contributed by atoms with E-state index in [-0.39, 0.29) is 0 Å². The van der Waals surface area contributed by atoms with Crippen molar-refractivity contribution >= 4 is 0 Å². The van der Waals surface area contributed by atoms with Crippen LogP contribution >= 0.6 is 0 Å². The summed E-state index contributed by atoms with van der Waals surface area (Å²) in [5, 5.41) is 0. The third-order valence-corrected chi connectivity index (χ3v) is 7.87. The van der Waals surface area contributed by atoms with E-state index >= 15 is 17.6 Å². The fourth-order valence-electron chi connectivity index (χ4n) is 5.03. The third kappa shape index (κ3) is 8.20. The molecular formula is C21H2F40O4. The Morgan fingerprint density at radius 2 is 0.385 bits per heavy atom. The van der Waals surface area contributed by atoms with E-state index in [2.05, 4.69) is 0 Å². The van der Waals surface area contributed by atoms with Crippen LogP contribution in [-0.2, 0) is 18.9 Å². The van der Waals surface area contributed by atoms with E-state index in [1.807, 2.05) is 0 Å². The van der Waals surface area contributed by atoms with E-state index in [1.54, 1.807) is 0 Å². The van der Waals surface area contributed by atoms with Crippen LogP contribution in [0.15, 0.2) is 0 Å². The summed E-state index contributed by atoms with van der Waals surface area (Å²) in [6, 6.07) is 0. The predicted octanol–water partition coefficient (Wildman–Crippen LogP) is 12.5. The number of halogens is 40. The molecule has 0 N–H and O–H groups in total. The average molecular weight is 1080 g/mol. The number of hydrogen-bond donors (Lipinski definition) is 0. The highest BCUT2D eigenvalue weighted by atomic mass is 19.5. The van der Waals surface area contributed by atoms with Crippen LogP contribution in [-0.4, -0.2) is 126 Å². The molecule has 0 radical (unpaired) electrons. The molecule has 0 bridgehead atoms. The molecule has 2 atom stereocenters. The zero-order valence-corrected chi connectivity index (χ0v) is 27.4. The van der Waals surface area contributed by atoms with E-state index < -0.39 is 126 Å². The van der Waals surface area contributed by atoms with Crippen molar-refractivity contribution in [3.05, 3.63) is 0 Å². The Hall–Kier alpha value is -2.96. The summed E-state index contributed by atoms with van der Waals surface area (Å²) in [5.74, 6) is -30.4. The van der Waals surface area contributed by atoms with Crippen molar-refractivity contribution in [2.75, 3.05) is 0 Å². The molecule has 0 saturated heterocycles. The fraction of sp³-hybridized carbons (Fsp3) is 1.00. The Balaban J connectivity index is 5.75. The van der Waals surface area contributed by atoms with Gasteiger partial charge in [-0.25, -0.2) is 0 Å². The summed E-state index contributed by atoms with van der Waals surface area (Å²) in [4.78, 5) is 0. The SMILES string of the molecule is FC(F)(F)C(O[C@@H]1[C@H](OC(C(F)(F)F)(C(F)(F)F)C(F)(F)F)C(OC(C(F)(F)F)(C(F)(F)F)C(F)(F)F)(OC(C(F)(F)F)(C(F)(F)F)C(F)(F)F)C(F)(F)C1(F)F)(C(F)(F)F)C(F)(F)F. The Bertz CT molecular complexity index is 1470. The number of hydrogen-bond acceptors (Lipinski definition) is 4. The third-order valence-electron chi connectivity index (χ3n) is 7.87. The lowest BCUT2D eigenvalue weighted by Crippen LogP contribution is -2.80. The highest BCUT2D eigenvalue weighted by Gasteiger charge is 3.01. The van der Waals surface area contributed by atoms with E-state index in [9.17, 15) is 158 Å². The molecule has 0 aromatic carbocycles. The molecule has 0 aromatic heterocycles. The van der Waals surface area contributed by atoms with E-state index in [0.717, 1.165) is 9.47 Å². The van der Waals surface area contributed by atoms with Gasteiger partial charge in [-0.15, -0.1) is 0 Å². The summed E-state index contributed by atoms with van der Waals surface area (Å²) in [7, 11) is 0. The van der Waals surface area contributed by atoms with Crippen molar-refractivity contribution in [2.45, 2.75) is 126 Å². The summed E-state index contributed by atoms with van der Waals surface area (Å²) in [6.45, 7) is 0. The van der Waals surface area contributed by atoms with Gasteiger partial charge in [-0.2, -0.15) is 176 Å². The second-order valence-electron chi connectivity index (χ2n) is 11.8. The minimum atomic E-state index is -10.4. The van der Waals surface area contributed by atoms with E-state index in [1.165, 1.54) is 9.47 Å². The summed E-state index contributed by atoms with van der Waals surface area (Å²) >= 11 is 0. The van der Waals surface area contributed by atoms with Gasteiger partial charge in [0.05, 0.1) is 0 Å². The van der Waals surface area contributed by atoms with Crippen LogP contribution in [0.1, 0.15) is 0 Å². The first-order valence-corrected chi connectivity index (χ1v) is 13.7. The smallest absolute Gasteiger partial charge is 0.339 e. The lowest BCUT2D eigenvalue weighted by atomic mass is 9.95. The molecular weight excluding hydrogens is 1080 g/mol. The first kappa shape index (κ1) is 60.1. The van der Waals surface area contributed by atoms with Crippen LogP contribution in [0.3, 0.4) is 0 Å². The van der Waals surface area contributed by atoms with Gasteiger partial charge >= 0.3 is 108 Å². The standard InChI is InChI=1S/C21H2F40O4/c22-3(23)1(62-5(10(26,27)28,11(29,30)31)12(32,33)34)2(63-6(13(35,36)37,14(38,39)40)15(41,42)43)4(9(3,24)25,64-7(16(44,45)46,17(47,48)49)18(50,51)52)65-8(19(53,54)55,20(56,57)58)21(59,60)61/h1-2H/t1-,2+/m1/s1. The predicted molar refractivity (Wildman–Crippen MR) is 108 cm³/mol. The van der Waals surface area contributed by atoms with Crippen LogP contribution in [0.5, 0.6) is 0 Å². The molecule has 0 heterocycles. The second kappa shape index (κ2) is 15.0. The van der Waals surface area contributed by atoms with E-state index in [4.69, 9.17) is 0 Å². The maximum absolute atomic E-state index is 15.8. The van der Waals surface area contributed by atoms with Crippen LogP contribution < -0.4 is 0 Å². The number of alkyl halides is 40. The molecule has 0 aliphatic heterocycles. The van der Waals surface area contributed by atoms with Crippen molar-refractivity contribution in [1.82, 2.24) is 0 Å². The molecule has 44 heteroatoms. The molecule has 0 unspecified atom stereocenters. The zero-order valence-electron chi connectivity index (χ0n) is 27.4. The first-order chi connectivity index (χ1) is 27.3. The minimum Gasteiger partial charge on any atom is -0.339 e. The van der Waals surface area contributed by atoms with Gasteiger partial charge in [-0.1, -0.05) is 0 Å². The van der Waals surface area contributed by atoms with Crippen molar-refractivity contribution < 1.29 is 195 Å². The van der Waals surface area contributed by atoms with Crippen LogP contribution in [0.25, 0.3) is 0 Å². The van der Waals surface area contributed by atoms with Gasteiger partial charge in [-0.05, 0) is 0 Å². The summed E-state index contributed by atoms with van der Waals surface area (Å²) in [5.41, 5.74) is -40.0. The van der Waals surface area contributed by atoms with Gasteiger partial charge in [0, 0.05) is 0 Å². The monoisotopic (exact) mass is 1080 g/mol. The van der Waals surface area contributed by atoms with Gasteiger partial charge in [0.1, 0.15) is 0 Å². The second-order valence-corrected chi connectivity index (χ2v) is 11.8. The van der Waals surface area contributed by atoms with Crippen molar-refractivity contribution in [1.29, 1.82) is 0 Å². The Labute approximate surface area is 322 Å². The summed E-state index contributed by atoms with van der Waals surface area (Å²) in [6.07, 6.45) is -133. The quantitative estimate of drug-likeness (QED) is 0.179. The largest absolute Gasteiger partial charge is 0.435 e. The Morgan fingerprint density at radius 3 is 0.538 bits per heavy atom. The van der Waals surface area contributed by atoms with Crippen molar-refractivity contribution in [3.8, 4) is 0 Å². The molecule has 0 aromatic rings. The normalized spacial score (nSPS) is 22.2. The summed E-state index contributed by atoms with van der Waals surface area (Å²) < 4.78 is 564. The highest BCUT2D eigenvalue weighted by molar-refractivity contribution is 5.24.